The zero-order valence-electron chi connectivity index (χ0n) is 8.42. The van der Waals surface area contributed by atoms with Crippen LogP contribution in [0.4, 0.5) is 0 Å². The summed E-state index contributed by atoms with van der Waals surface area (Å²) in [6.07, 6.45) is 4.74. The van der Waals surface area contributed by atoms with Crippen LogP contribution in [0.1, 0.15) is 0 Å². The molecular formula is C11H10N4O. The molecule has 3 aromatic rings. The summed E-state index contributed by atoms with van der Waals surface area (Å²) in [5.41, 5.74) is 1.43. The molecule has 0 spiro atoms. The number of rotatable bonds is 0. The van der Waals surface area contributed by atoms with Crippen LogP contribution < -0.4 is 5.56 Å². The summed E-state index contributed by atoms with van der Waals surface area (Å²) >= 11 is 0. The third kappa shape index (κ3) is 2.54. The van der Waals surface area contributed by atoms with Gasteiger partial charge in [-0.1, -0.05) is 12.1 Å². The Hall–Kier alpha value is -2.43. The minimum atomic E-state index is -0.163. The molecule has 0 unspecified atom stereocenters. The van der Waals surface area contributed by atoms with Gasteiger partial charge in [0.1, 0.15) is 0 Å². The molecule has 0 amide bonds. The average molecular weight is 214 g/mol. The van der Waals surface area contributed by atoms with Crippen LogP contribution in [-0.2, 0) is 0 Å². The number of aromatic nitrogens is 4. The first-order chi connectivity index (χ1) is 7.86. The van der Waals surface area contributed by atoms with Gasteiger partial charge in [0.05, 0.1) is 17.2 Å². The second-order valence-corrected chi connectivity index (χ2v) is 3.03. The summed E-state index contributed by atoms with van der Waals surface area (Å²) in [6.45, 7) is 0. The predicted molar refractivity (Wildman–Crippen MR) is 61.0 cm³/mol. The van der Waals surface area contributed by atoms with Gasteiger partial charge < -0.3 is 4.98 Å². The summed E-state index contributed by atoms with van der Waals surface area (Å²) in [4.78, 5) is 17.4. The molecule has 80 valence electrons. The number of hydrogen-bond acceptors (Lipinski definition) is 3. The molecule has 0 aliphatic heterocycles. The predicted octanol–water partition coefficient (Wildman–Crippen LogP) is 1.33. The van der Waals surface area contributed by atoms with Gasteiger partial charge in [0, 0.05) is 12.4 Å². The van der Waals surface area contributed by atoms with Gasteiger partial charge in [-0.25, -0.2) is 4.98 Å². The van der Waals surface area contributed by atoms with Crippen LogP contribution in [0.2, 0.25) is 0 Å². The Morgan fingerprint density at radius 1 is 1.12 bits per heavy atom. The van der Waals surface area contributed by atoms with Gasteiger partial charge in [-0.05, 0) is 18.2 Å². The molecule has 0 bridgehead atoms. The smallest absolute Gasteiger partial charge is 0.266 e. The molecule has 0 saturated carbocycles. The van der Waals surface area contributed by atoms with E-state index in [2.05, 4.69) is 20.2 Å². The summed E-state index contributed by atoms with van der Waals surface area (Å²) in [5, 5.41) is 6.21. The van der Waals surface area contributed by atoms with Gasteiger partial charge in [0.25, 0.3) is 5.56 Å². The highest BCUT2D eigenvalue weighted by molar-refractivity contribution is 5.72. The largest absolute Gasteiger partial charge is 0.319 e. The lowest BCUT2D eigenvalue weighted by molar-refractivity contribution is 1.09. The van der Waals surface area contributed by atoms with Crippen molar-refractivity contribution in [2.45, 2.75) is 0 Å². The zero-order chi connectivity index (χ0) is 11.2. The average Bonchev–Trinajstić information content (AvgIpc) is 2.87. The van der Waals surface area contributed by atoms with Crippen LogP contribution in [0.15, 0.2) is 53.7 Å². The van der Waals surface area contributed by atoms with Crippen LogP contribution in [-0.4, -0.2) is 20.2 Å². The monoisotopic (exact) mass is 214 g/mol. The Balaban J connectivity index is 0.000000162. The lowest BCUT2D eigenvalue weighted by Gasteiger charge is -1.92. The minimum Gasteiger partial charge on any atom is -0.319 e. The van der Waals surface area contributed by atoms with E-state index in [0.717, 1.165) is 11.0 Å². The number of hydrogen-bond donors (Lipinski definition) is 2. The Morgan fingerprint density at radius 3 is 2.69 bits per heavy atom. The maximum atomic E-state index is 10.8. The first-order valence-corrected chi connectivity index (χ1v) is 4.74. The number of nitrogens with one attached hydrogen (secondary N) is 2. The Morgan fingerprint density at radius 2 is 2.00 bits per heavy atom. The lowest BCUT2D eigenvalue weighted by Crippen LogP contribution is -2.04. The van der Waals surface area contributed by atoms with Crippen molar-refractivity contribution in [1.82, 2.24) is 20.2 Å². The van der Waals surface area contributed by atoms with Gasteiger partial charge >= 0.3 is 0 Å². The van der Waals surface area contributed by atoms with Gasteiger partial charge in [-0.15, -0.1) is 0 Å². The van der Waals surface area contributed by atoms with Crippen molar-refractivity contribution < 1.29 is 0 Å². The summed E-state index contributed by atoms with van der Waals surface area (Å²) < 4.78 is 0. The first kappa shape index (κ1) is 10.1. The molecular weight excluding hydrogens is 204 g/mol. The summed E-state index contributed by atoms with van der Waals surface area (Å²) in [7, 11) is 0. The fourth-order valence-electron chi connectivity index (χ4n) is 1.20. The lowest BCUT2D eigenvalue weighted by atomic mass is 10.3. The van der Waals surface area contributed by atoms with Gasteiger partial charge in [0.15, 0.2) is 0 Å². The molecule has 5 nitrogen and oxygen atoms in total. The zero-order valence-corrected chi connectivity index (χ0v) is 8.42. The van der Waals surface area contributed by atoms with Crippen molar-refractivity contribution in [3.8, 4) is 0 Å². The van der Waals surface area contributed by atoms with Gasteiger partial charge in [-0.3, -0.25) is 9.89 Å². The second kappa shape index (κ2) is 4.88. The summed E-state index contributed by atoms with van der Waals surface area (Å²) in [6, 6.07) is 9.25. The van der Waals surface area contributed by atoms with E-state index in [9.17, 15) is 4.79 Å². The number of para-hydroxylation sites is 2. The quantitative estimate of drug-likeness (QED) is 0.593. The molecule has 0 aliphatic rings. The van der Waals surface area contributed by atoms with Crippen LogP contribution >= 0.6 is 0 Å². The third-order valence-electron chi connectivity index (χ3n) is 1.89. The van der Waals surface area contributed by atoms with Crippen molar-refractivity contribution in [2.24, 2.45) is 0 Å². The third-order valence-corrected chi connectivity index (χ3v) is 1.89. The number of nitrogens with zero attached hydrogens (tertiary/aromatic N) is 2. The standard InChI is InChI=1S/C8H6N2O.C3H4N2/c11-8-5-9-6-3-1-2-4-7(6)10-8;1-2-4-5-3-1/h1-5H,(H,10,11);1-3H,(H,4,5). The second-order valence-electron chi connectivity index (χ2n) is 3.03. The fraction of sp³-hybridized carbons (Fsp3) is 0. The van der Waals surface area contributed by atoms with E-state index in [4.69, 9.17) is 0 Å². The molecule has 3 rings (SSSR count). The molecule has 0 fully saturated rings. The normalized spacial score (nSPS) is 9.50. The maximum absolute atomic E-state index is 10.8. The maximum Gasteiger partial charge on any atom is 0.266 e. The highest BCUT2D eigenvalue weighted by atomic mass is 16.1. The van der Waals surface area contributed by atoms with Crippen molar-refractivity contribution in [2.75, 3.05) is 0 Å². The van der Waals surface area contributed by atoms with Gasteiger partial charge in [-0.2, -0.15) is 5.10 Å². The van der Waals surface area contributed by atoms with Crippen molar-refractivity contribution in [3.63, 3.8) is 0 Å². The SMILES string of the molecule is O=c1cnc2ccccc2[nH]1.c1cn[nH]c1. The van der Waals surface area contributed by atoms with Crippen LogP contribution in [0.5, 0.6) is 0 Å². The first-order valence-electron chi connectivity index (χ1n) is 4.74. The molecule has 0 radical (unpaired) electrons. The van der Waals surface area contributed by atoms with Crippen molar-refractivity contribution in [1.29, 1.82) is 0 Å². The van der Waals surface area contributed by atoms with Crippen LogP contribution in [0.3, 0.4) is 0 Å². The van der Waals surface area contributed by atoms with E-state index in [1.807, 2.05) is 30.3 Å². The Labute approximate surface area is 91.2 Å². The van der Waals surface area contributed by atoms with Crippen molar-refractivity contribution >= 4 is 11.0 Å². The van der Waals surface area contributed by atoms with E-state index >= 15 is 0 Å². The molecule has 2 heterocycles. The molecule has 2 N–H and O–H groups in total. The van der Waals surface area contributed by atoms with E-state index in [0.29, 0.717) is 0 Å². The molecule has 0 aliphatic carbocycles. The van der Waals surface area contributed by atoms with Crippen LogP contribution in [0.25, 0.3) is 11.0 Å². The van der Waals surface area contributed by atoms with Gasteiger partial charge in [0.2, 0.25) is 0 Å². The molecule has 0 atom stereocenters. The molecule has 2 aromatic heterocycles. The number of H-pyrrole nitrogens is 2. The molecule has 1 aromatic carbocycles. The van der Waals surface area contributed by atoms with Crippen molar-refractivity contribution in [3.05, 3.63) is 59.3 Å². The van der Waals surface area contributed by atoms with E-state index < -0.39 is 0 Å². The Bertz CT molecular complexity index is 583. The molecule has 0 saturated heterocycles. The number of aromatic amines is 2. The number of benzene rings is 1. The highest BCUT2D eigenvalue weighted by Gasteiger charge is 1.90. The Kier molecular flexibility index (Phi) is 3.08. The number of fused-ring (bicyclic) bond motifs is 1. The van der Waals surface area contributed by atoms with Crippen LogP contribution in [0, 0.1) is 0 Å². The van der Waals surface area contributed by atoms with E-state index in [1.165, 1.54) is 6.20 Å². The fourth-order valence-corrected chi connectivity index (χ4v) is 1.20. The van der Waals surface area contributed by atoms with E-state index in [-0.39, 0.29) is 5.56 Å². The minimum absolute atomic E-state index is 0.163. The highest BCUT2D eigenvalue weighted by Crippen LogP contribution is 2.02. The van der Waals surface area contributed by atoms with E-state index in [1.54, 1.807) is 12.4 Å². The summed E-state index contributed by atoms with van der Waals surface area (Å²) in [5.74, 6) is 0. The molecule has 5 heteroatoms. The molecule has 16 heavy (non-hydrogen) atoms. The topological polar surface area (TPSA) is 74.4 Å².